The van der Waals surface area contributed by atoms with Gasteiger partial charge in [-0.15, -0.1) is 0 Å². The zero-order chi connectivity index (χ0) is 13.8. The van der Waals surface area contributed by atoms with Crippen molar-refractivity contribution in [2.75, 3.05) is 6.61 Å². The summed E-state index contributed by atoms with van der Waals surface area (Å²) in [5, 5.41) is 9.03. The predicted molar refractivity (Wildman–Crippen MR) is 68.5 cm³/mol. The van der Waals surface area contributed by atoms with Crippen LogP contribution in [0, 0.1) is 0 Å². The second-order valence-electron chi connectivity index (χ2n) is 3.76. The van der Waals surface area contributed by atoms with Gasteiger partial charge >= 0.3 is 11.6 Å². The first kappa shape index (κ1) is 12.9. The SMILES string of the molecule is CCOc1ccc(-c2ccc(=O)oc2C(=O)O)cc1. The zero-order valence-electron chi connectivity index (χ0n) is 10.3. The molecule has 0 fully saturated rings. The lowest BCUT2D eigenvalue weighted by atomic mass is 10.0. The molecule has 0 amide bonds. The van der Waals surface area contributed by atoms with Gasteiger partial charge in [-0.3, -0.25) is 0 Å². The molecule has 0 aliphatic rings. The first-order chi connectivity index (χ1) is 9.11. The quantitative estimate of drug-likeness (QED) is 0.913. The van der Waals surface area contributed by atoms with Crippen LogP contribution in [0.5, 0.6) is 5.75 Å². The summed E-state index contributed by atoms with van der Waals surface area (Å²) in [7, 11) is 0. The van der Waals surface area contributed by atoms with Crippen LogP contribution in [0.3, 0.4) is 0 Å². The van der Waals surface area contributed by atoms with E-state index >= 15 is 0 Å². The number of hydrogen-bond donors (Lipinski definition) is 1. The molecule has 5 heteroatoms. The number of rotatable bonds is 4. The lowest BCUT2D eigenvalue weighted by molar-refractivity contribution is 0.0658. The Morgan fingerprint density at radius 2 is 1.89 bits per heavy atom. The van der Waals surface area contributed by atoms with E-state index in [0.717, 1.165) is 0 Å². The van der Waals surface area contributed by atoms with E-state index < -0.39 is 11.6 Å². The van der Waals surface area contributed by atoms with Gasteiger partial charge in [0.1, 0.15) is 5.75 Å². The van der Waals surface area contributed by atoms with E-state index in [-0.39, 0.29) is 5.76 Å². The number of benzene rings is 1. The number of carboxylic acids is 1. The summed E-state index contributed by atoms with van der Waals surface area (Å²) >= 11 is 0. The first-order valence-corrected chi connectivity index (χ1v) is 5.72. The van der Waals surface area contributed by atoms with Crippen LogP contribution in [0.25, 0.3) is 11.1 Å². The lowest BCUT2D eigenvalue weighted by Gasteiger charge is -2.06. The summed E-state index contributed by atoms with van der Waals surface area (Å²) < 4.78 is 10.0. The Morgan fingerprint density at radius 3 is 2.47 bits per heavy atom. The Hall–Kier alpha value is -2.56. The van der Waals surface area contributed by atoms with Crippen molar-refractivity contribution in [1.82, 2.24) is 0 Å². The van der Waals surface area contributed by atoms with E-state index in [1.165, 1.54) is 12.1 Å². The Bertz CT molecular complexity index is 640. The average molecular weight is 260 g/mol. The van der Waals surface area contributed by atoms with Crippen LogP contribution in [-0.2, 0) is 0 Å². The molecule has 0 saturated heterocycles. The Labute approximate surface area is 109 Å². The summed E-state index contributed by atoms with van der Waals surface area (Å²) in [6.45, 7) is 2.43. The molecule has 1 aromatic carbocycles. The first-order valence-electron chi connectivity index (χ1n) is 5.72. The Morgan fingerprint density at radius 1 is 1.21 bits per heavy atom. The highest BCUT2D eigenvalue weighted by molar-refractivity contribution is 5.92. The van der Waals surface area contributed by atoms with Gasteiger partial charge in [0.25, 0.3) is 0 Å². The van der Waals surface area contributed by atoms with Crippen molar-refractivity contribution in [1.29, 1.82) is 0 Å². The summed E-state index contributed by atoms with van der Waals surface area (Å²) in [5.74, 6) is -0.946. The molecule has 2 rings (SSSR count). The number of aromatic carboxylic acids is 1. The molecule has 1 N–H and O–H groups in total. The van der Waals surface area contributed by atoms with Crippen LogP contribution in [0.4, 0.5) is 0 Å². The highest BCUT2D eigenvalue weighted by Gasteiger charge is 2.15. The summed E-state index contributed by atoms with van der Waals surface area (Å²) in [4.78, 5) is 22.1. The number of hydrogen-bond acceptors (Lipinski definition) is 4. The summed E-state index contributed by atoms with van der Waals surface area (Å²) in [6, 6.07) is 9.52. The normalized spacial score (nSPS) is 10.2. The topological polar surface area (TPSA) is 76.7 Å². The van der Waals surface area contributed by atoms with E-state index in [1.54, 1.807) is 24.3 Å². The molecule has 5 nitrogen and oxygen atoms in total. The van der Waals surface area contributed by atoms with Crippen LogP contribution in [0.15, 0.2) is 45.6 Å². The van der Waals surface area contributed by atoms with Gasteiger partial charge in [0.15, 0.2) is 0 Å². The molecule has 98 valence electrons. The number of carboxylic acid groups (broad SMARTS) is 1. The smallest absolute Gasteiger partial charge is 0.372 e. The molecule has 0 aliphatic heterocycles. The van der Waals surface area contributed by atoms with Crippen LogP contribution in [0.1, 0.15) is 17.5 Å². The Kier molecular flexibility index (Phi) is 3.66. The summed E-state index contributed by atoms with van der Waals surface area (Å²) in [5.41, 5.74) is 0.312. The zero-order valence-corrected chi connectivity index (χ0v) is 10.3. The van der Waals surface area contributed by atoms with Crippen molar-refractivity contribution in [3.05, 3.63) is 52.6 Å². The third-order valence-electron chi connectivity index (χ3n) is 2.50. The van der Waals surface area contributed by atoms with Gasteiger partial charge in [0.05, 0.1) is 6.61 Å². The minimum atomic E-state index is -1.28. The van der Waals surface area contributed by atoms with Gasteiger partial charge < -0.3 is 14.3 Å². The second-order valence-corrected chi connectivity index (χ2v) is 3.76. The molecule has 0 bridgehead atoms. The van der Waals surface area contributed by atoms with Gasteiger partial charge in [0.2, 0.25) is 5.76 Å². The van der Waals surface area contributed by atoms with Gasteiger partial charge in [-0.05, 0) is 30.7 Å². The molecule has 0 radical (unpaired) electrons. The fourth-order valence-corrected chi connectivity index (χ4v) is 1.70. The number of ether oxygens (including phenoxy) is 1. The van der Waals surface area contributed by atoms with E-state index in [9.17, 15) is 9.59 Å². The van der Waals surface area contributed by atoms with Crippen molar-refractivity contribution in [3.8, 4) is 16.9 Å². The van der Waals surface area contributed by atoms with Gasteiger partial charge in [-0.1, -0.05) is 12.1 Å². The largest absolute Gasteiger partial charge is 0.494 e. The van der Waals surface area contributed by atoms with Crippen molar-refractivity contribution < 1.29 is 19.1 Å². The molecule has 1 heterocycles. The molecule has 19 heavy (non-hydrogen) atoms. The highest BCUT2D eigenvalue weighted by Crippen LogP contribution is 2.25. The van der Waals surface area contributed by atoms with Crippen molar-refractivity contribution in [2.45, 2.75) is 6.92 Å². The van der Waals surface area contributed by atoms with E-state index in [2.05, 4.69) is 0 Å². The maximum Gasteiger partial charge on any atom is 0.372 e. The number of carbonyl (C=O) groups is 1. The van der Waals surface area contributed by atoms with E-state index in [4.69, 9.17) is 14.3 Å². The third-order valence-corrected chi connectivity index (χ3v) is 2.50. The van der Waals surface area contributed by atoms with E-state index in [1.807, 2.05) is 6.92 Å². The van der Waals surface area contributed by atoms with Gasteiger partial charge in [-0.25, -0.2) is 9.59 Å². The minimum Gasteiger partial charge on any atom is -0.494 e. The minimum absolute atomic E-state index is 0.357. The monoisotopic (exact) mass is 260 g/mol. The molecule has 0 aliphatic carbocycles. The molecule has 1 aromatic heterocycles. The predicted octanol–water partition coefficient (Wildman–Crippen LogP) is 2.40. The van der Waals surface area contributed by atoms with Crippen molar-refractivity contribution in [3.63, 3.8) is 0 Å². The fraction of sp³-hybridized carbons (Fsp3) is 0.143. The third kappa shape index (κ3) is 2.82. The standard InChI is InChI=1S/C14H12O5/c1-2-18-10-5-3-9(4-6-10)11-7-8-12(15)19-13(11)14(16)17/h3-8H,2H2,1H3,(H,16,17). The maximum absolute atomic E-state index is 11.1. The van der Waals surface area contributed by atoms with Gasteiger partial charge in [0, 0.05) is 11.6 Å². The van der Waals surface area contributed by atoms with Crippen LogP contribution >= 0.6 is 0 Å². The Balaban J connectivity index is 2.46. The lowest BCUT2D eigenvalue weighted by Crippen LogP contribution is -2.06. The van der Waals surface area contributed by atoms with Gasteiger partial charge in [-0.2, -0.15) is 0 Å². The molecular weight excluding hydrogens is 248 g/mol. The summed E-state index contributed by atoms with van der Waals surface area (Å²) in [6.07, 6.45) is 0. The molecule has 0 atom stereocenters. The molecule has 0 saturated carbocycles. The molecule has 0 unspecified atom stereocenters. The average Bonchev–Trinajstić information content (AvgIpc) is 2.40. The van der Waals surface area contributed by atoms with Crippen molar-refractivity contribution >= 4 is 5.97 Å². The van der Waals surface area contributed by atoms with Crippen LogP contribution in [0.2, 0.25) is 0 Å². The highest BCUT2D eigenvalue weighted by atomic mass is 16.5. The molecular formula is C14H12O5. The second kappa shape index (κ2) is 5.39. The van der Waals surface area contributed by atoms with Crippen molar-refractivity contribution in [2.24, 2.45) is 0 Å². The fourth-order valence-electron chi connectivity index (χ4n) is 1.70. The molecule has 2 aromatic rings. The maximum atomic E-state index is 11.1. The van der Waals surface area contributed by atoms with Crippen LogP contribution in [-0.4, -0.2) is 17.7 Å². The van der Waals surface area contributed by atoms with Crippen LogP contribution < -0.4 is 10.4 Å². The van der Waals surface area contributed by atoms with E-state index in [0.29, 0.717) is 23.5 Å². The molecule has 0 spiro atoms.